The number of carbonyl (C=O) groups is 1. The second kappa shape index (κ2) is 5.69. The van der Waals surface area contributed by atoms with Crippen LogP contribution in [0, 0.1) is 6.92 Å². The van der Waals surface area contributed by atoms with Gasteiger partial charge in [0.1, 0.15) is 11.5 Å². The molecule has 4 nitrogen and oxygen atoms in total. The van der Waals surface area contributed by atoms with Crippen molar-refractivity contribution in [3.8, 4) is 5.75 Å². The van der Waals surface area contributed by atoms with E-state index in [2.05, 4.69) is 5.10 Å². The number of ketones is 1. The van der Waals surface area contributed by atoms with E-state index in [0.29, 0.717) is 12.8 Å². The molecule has 0 fully saturated rings. The molecule has 0 N–H and O–H groups in total. The van der Waals surface area contributed by atoms with Crippen molar-refractivity contribution in [1.29, 1.82) is 0 Å². The summed E-state index contributed by atoms with van der Waals surface area (Å²) >= 11 is 0. The molecule has 2 rings (SSSR count). The molecule has 19 heavy (non-hydrogen) atoms. The number of methoxy groups -OCH3 is 1. The lowest BCUT2D eigenvalue weighted by atomic mass is 10.0. The van der Waals surface area contributed by atoms with Gasteiger partial charge < -0.3 is 4.74 Å². The molecule has 0 saturated carbocycles. The molecular formula is C15H18N2O2. The van der Waals surface area contributed by atoms with Crippen molar-refractivity contribution in [3.63, 3.8) is 0 Å². The van der Waals surface area contributed by atoms with Crippen molar-refractivity contribution in [3.05, 3.63) is 47.3 Å². The minimum Gasteiger partial charge on any atom is -0.496 e. The van der Waals surface area contributed by atoms with Gasteiger partial charge in [-0.2, -0.15) is 5.10 Å². The summed E-state index contributed by atoms with van der Waals surface area (Å²) < 4.78 is 7.01. The van der Waals surface area contributed by atoms with Crippen LogP contribution in [0.25, 0.3) is 0 Å². The highest BCUT2D eigenvalue weighted by atomic mass is 16.5. The number of hydrogen-bond acceptors (Lipinski definition) is 3. The molecule has 100 valence electrons. The van der Waals surface area contributed by atoms with E-state index in [9.17, 15) is 4.79 Å². The molecule has 2 aromatic rings. The molecule has 0 bridgehead atoms. The van der Waals surface area contributed by atoms with Crippen molar-refractivity contribution in [2.75, 3.05) is 7.11 Å². The Kier molecular flexibility index (Phi) is 4.00. The second-order valence-electron chi connectivity index (χ2n) is 4.60. The second-order valence-corrected chi connectivity index (χ2v) is 4.60. The number of para-hydroxylation sites is 1. The highest BCUT2D eigenvalue weighted by Gasteiger charge is 2.11. The van der Waals surface area contributed by atoms with Crippen LogP contribution >= 0.6 is 0 Å². The third kappa shape index (κ3) is 3.22. The van der Waals surface area contributed by atoms with Crippen molar-refractivity contribution in [2.45, 2.75) is 19.8 Å². The molecule has 4 heteroatoms. The highest BCUT2D eigenvalue weighted by molar-refractivity contribution is 5.83. The smallest absolute Gasteiger partial charge is 0.143 e. The van der Waals surface area contributed by atoms with Gasteiger partial charge in [0.25, 0.3) is 0 Å². The molecular weight excluding hydrogens is 240 g/mol. The topological polar surface area (TPSA) is 44.1 Å². The van der Waals surface area contributed by atoms with Crippen molar-refractivity contribution >= 4 is 5.78 Å². The maximum absolute atomic E-state index is 12.1. The van der Waals surface area contributed by atoms with Crippen LogP contribution in [0.5, 0.6) is 5.75 Å². The average Bonchev–Trinajstić information content (AvgIpc) is 2.68. The number of aromatic nitrogens is 2. The van der Waals surface area contributed by atoms with Gasteiger partial charge in [0.05, 0.1) is 12.8 Å². The van der Waals surface area contributed by atoms with Crippen LogP contribution in [0.15, 0.2) is 30.3 Å². The Hall–Kier alpha value is -2.10. The zero-order valence-corrected chi connectivity index (χ0v) is 11.5. The fourth-order valence-corrected chi connectivity index (χ4v) is 2.16. The Balaban J connectivity index is 2.07. The summed E-state index contributed by atoms with van der Waals surface area (Å²) in [6.45, 7) is 1.92. The Morgan fingerprint density at radius 2 is 2.05 bits per heavy atom. The number of rotatable bonds is 5. The number of ether oxygens (including phenoxy) is 1. The molecule has 0 atom stereocenters. The Morgan fingerprint density at radius 1 is 1.32 bits per heavy atom. The number of carbonyl (C=O) groups excluding carboxylic acids is 1. The number of nitrogens with zero attached hydrogens (tertiary/aromatic N) is 2. The van der Waals surface area contributed by atoms with Gasteiger partial charge in [0, 0.05) is 31.1 Å². The van der Waals surface area contributed by atoms with Gasteiger partial charge in [-0.25, -0.2) is 0 Å². The number of Topliss-reactive ketones (excluding diaryl/α,β-unsaturated/α-hetero) is 1. The van der Waals surface area contributed by atoms with Crippen LogP contribution in [-0.2, 0) is 24.7 Å². The largest absolute Gasteiger partial charge is 0.496 e. The van der Waals surface area contributed by atoms with Gasteiger partial charge in [-0.05, 0) is 19.1 Å². The predicted octanol–water partition coefficient (Wildman–Crippen LogP) is 2.09. The van der Waals surface area contributed by atoms with E-state index in [-0.39, 0.29) is 5.78 Å². The minimum absolute atomic E-state index is 0.160. The van der Waals surface area contributed by atoms with E-state index in [0.717, 1.165) is 22.7 Å². The lowest BCUT2D eigenvalue weighted by Crippen LogP contribution is -2.10. The third-order valence-electron chi connectivity index (χ3n) is 3.06. The summed E-state index contributed by atoms with van der Waals surface area (Å²) in [5, 5.41) is 4.24. The molecule has 0 radical (unpaired) electrons. The summed E-state index contributed by atoms with van der Waals surface area (Å²) in [5.74, 6) is 0.921. The molecule has 0 aliphatic heterocycles. The van der Waals surface area contributed by atoms with Gasteiger partial charge in [-0.15, -0.1) is 0 Å². The third-order valence-corrected chi connectivity index (χ3v) is 3.06. The molecule has 1 aromatic carbocycles. The van der Waals surface area contributed by atoms with Crippen molar-refractivity contribution in [1.82, 2.24) is 9.78 Å². The SMILES string of the molecule is COc1ccccc1CC(=O)Cc1cc(C)nn1C. The summed E-state index contributed by atoms with van der Waals surface area (Å²) in [7, 11) is 3.48. The van der Waals surface area contributed by atoms with Crippen LogP contribution in [0.2, 0.25) is 0 Å². The summed E-state index contributed by atoms with van der Waals surface area (Å²) in [5.41, 5.74) is 2.80. The molecule has 0 aliphatic carbocycles. The van der Waals surface area contributed by atoms with E-state index < -0.39 is 0 Å². The van der Waals surface area contributed by atoms with Gasteiger partial charge in [0.2, 0.25) is 0 Å². The van der Waals surface area contributed by atoms with Crippen LogP contribution in [0.4, 0.5) is 0 Å². The Bertz CT molecular complexity index is 588. The first-order valence-electron chi connectivity index (χ1n) is 6.23. The fourth-order valence-electron chi connectivity index (χ4n) is 2.16. The first-order valence-corrected chi connectivity index (χ1v) is 6.23. The monoisotopic (exact) mass is 258 g/mol. The predicted molar refractivity (Wildman–Crippen MR) is 73.4 cm³/mol. The number of aryl methyl sites for hydroxylation is 2. The van der Waals surface area contributed by atoms with Gasteiger partial charge in [-0.1, -0.05) is 18.2 Å². The first-order chi connectivity index (χ1) is 9.10. The average molecular weight is 258 g/mol. The molecule has 0 spiro atoms. The van der Waals surface area contributed by atoms with Crippen molar-refractivity contribution in [2.24, 2.45) is 7.05 Å². The van der Waals surface area contributed by atoms with E-state index >= 15 is 0 Å². The first kappa shape index (κ1) is 13.3. The summed E-state index contributed by atoms with van der Waals surface area (Å²) in [4.78, 5) is 12.1. The van der Waals surface area contributed by atoms with Gasteiger partial charge in [0.15, 0.2) is 0 Å². The summed E-state index contributed by atoms with van der Waals surface area (Å²) in [6, 6.07) is 9.55. The lowest BCUT2D eigenvalue weighted by Gasteiger charge is -2.07. The van der Waals surface area contributed by atoms with Crippen LogP contribution in [0.1, 0.15) is 17.0 Å². The Labute approximate surface area is 113 Å². The maximum atomic E-state index is 12.1. The number of benzene rings is 1. The molecule has 0 unspecified atom stereocenters. The normalized spacial score (nSPS) is 10.5. The maximum Gasteiger partial charge on any atom is 0.143 e. The fraction of sp³-hybridized carbons (Fsp3) is 0.333. The van der Waals surface area contributed by atoms with Crippen LogP contribution < -0.4 is 4.74 Å². The van der Waals surface area contributed by atoms with E-state index in [1.165, 1.54) is 0 Å². The van der Waals surface area contributed by atoms with E-state index in [1.54, 1.807) is 11.8 Å². The zero-order valence-electron chi connectivity index (χ0n) is 11.5. The van der Waals surface area contributed by atoms with Gasteiger partial charge in [-0.3, -0.25) is 9.48 Å². The lowest BCUT2D eigenvalue weighted by molar-refractivity contribution is -0.117. The molecule has 0 amide bonds. The van der Waals surface area contributed by atoms with E-state index in [4.69, 9.17) is 4.74 Å². The zero-order chi connectivity index (χ0) is 13.8. The van der Waals surface area contributed by atoms with Gasteiger partial charge >= 0.3 is 0 Å². The molecule has 0 saturated heterocycles. The quantitative estimate of drug-likeness (QED) is 0.825. The minimum atomic E-state index is 0.160. The molecule has 1 aromatic heterocycles. The summed E-state index contributed by atoms with van der Waals surface area (Å²) in [6.07, 6.45) is 0.781. The molecule has 0 aliphatic rings. The van der Waals surface area contributed by atoms with Crippen LogP contribution in [-0.4, -0.2) is 22.7 Å². The number of hydrogen-bond donors (Lipinski definition) is 0. The van der Waals surface area contributed by atoms with E-state index in [1.807, 2.05) is 44.3 Å². The van der Waals surface area contributed by atoms with Crippen LogP contribution in [0.3, 0.4) is 0 Å². The highest BCUT2D eigenvalue weighted by Crippen LogP contribution is 2.18. The molecule has 1 heterocycles. The standard InChI is InChI=1S/C15H18N2O2/c1-11-8-13(17(2)16-11)10-14(18)9-12-6-4-5-7-15(12)19-3/h4-8H,9-10H2,1-3H3. The Morgan fingerprint density at radius 3 is 2.68 bits per heavy atom. The van der Waals surface area contributed by atoms with Crippen molar-refractivity contribution < 1.29 is 9.53 Å².